The van der Waals surface area contributed by atoms with Gasteiger partial charge in [-0.25, -0.2) is 5.01 Å². The van der Waals surface area contributed by atoms with E-state index in [1.165, 1.54) is 17.5 Å². The van der Waals surface area contributed by atoms with E-state index in [0.29, 0.717) is 23.8 Å². The van der Waals surface area contributed by atoms with Crippen LogP contribution in [0.5, 0.6) is 11.5 Å². The van der Waals surface area contributed by atoms with Gasteiger partial charge in [-0.1, -0.05) is 32.1 Å². The molecule has 0 bridgehead atoms. The molecule has 1 aliphatic carbocycles. The third kappa shape index (κ3) is 4.08. The first-order valence-corrected chi connectivity index (χ1v) is 10.2. The number of nitrogens with zero attached hydrogens (tertiary/aromatic N) is 2. The minimum atomic E-state index is -0.360. The Hall–Kier alpha value is -3.48. The van der Waals surface area contributed by atoms with E-state index in [2.05, 4.69) is 11.2 Å². The quantitative estimate of drug-likeness (QED) is 0.708. The van der Waals surface area contributed by atoms with Crippen molar-refractivity contribution in [3.63, 3.8) is 0 Å². The fourth-order valence-electron chi connectivity index (χ4n) is 3.78. The zero-order valence-electron chi connectivity index (χ0n) is 18.2. The summed E-state index contributed by atoms with van der Waals surface area (Å²) < 4.78 is 22.0. The number of rotatable bonds is 5. The third-order valence-corrected chi connectivity index (χ3v) is 5.41. The van der Waals surface area contributed by atoms with Crippen molar-refractivity contribution in [3.8, 4) is 11.5 Å². The van der Waals surface area contributed by atoms with E-state index in [4.69, 9.17) is 18.9 Å². The molecular formula is C24H26N2O5. The Morgan fingerprint density at radius 3 is 2.68 bits per heavy atom. The summed E-state index contributed by atoms with van der Waals surface area (Å²) in [5.74, 6) is 1.57. The molecular weight excluding hydrogens is 396 g/mol. The molecule has 0 spiro atoms. The Labute approximate surface area is 181 Å². The lowest BCUT2D eigenvalue weighted by molar-refractivity contribution is -0.130. The normalized spacial score (nSPS) is 19.4. The Morgan fingerprint density at radius 1 is 1.16 bits per heavy atom. The molecule has 1 amide bonds. The number of ether oxygens (including phenoxy) is 4. The van der Waals surface area contributed by atoms with Crippen LogP contribution in [-0.4, -0.2) is 37.4 Å². The smallest absolute Gasteiger partial charge is 0.312 e. The van der Waals surface area contributed by atoms with E-state index in [-0.39, 0.29) is 17.1 Å². The van der Waals surface area contributed by atoms with E-state index < -0.39 is 0 Å². The van der Waals surface area contributed by atoms with E-state index in [9.17, 15) is 4.79 Å². The summed E-state index contributed by atoms with van der Waals surface area (Å²) in [6.45, 7) is 4.51. The van der Waals surface area contributed by atoms with Crippen LogP contribution in [0.25, 0.3) is 0 Å². The van der Waals surface area contributed by atoms with Gasteiger partial charge in [0.25, 0.3) is 0 Å². The SMILES string of the molecule is COc1ccc(C2=NN(C(=O)C3=COC=C(C4=CC=CCC4)O3)CC2(C)C)cc1OC. The topological polar surface area (TPSA) is 69.6 Å². The highest BCUT2D eigenvalue weighted by atomic mass is 16.5. The lowest BCUT2D eigenvalue weighted by atomic mass is 9.84. The van der Waals surface area contributed by atoms with Gasteiger partial charge in [0.2, 0.25) is 5.76 Å². The van der Waals surface area contributed by atoms with E-state index in [1.54, 1.807) is 14.2 Å². The van der Waals surface area contributed by atoms with Crippen LogP contribution in [0.15, 0.2) is 71.1 Å². The molecule has 2 aliphatic heterocycles. The van der Waals surface area contributed by atoms with Crippen LogP contribution in [-0.2, 0) is 14.3 Å². The number of carbonyl (C=O) groups is 1. The van der Waals surface area contributed by atoms with Crippen molar-refractivity contribution in [2.75, 3.05) is 20.8 Å². The molecule has 0 saturated carbocycles. The number of carbonyl (C=O) groups excluding carboxylic acids is 1. The first kappa shape index (κ1) is 20.8. The molecule has 7 nitrogen and oxygen atoms in total. The van der Waals surface area contributed by atoms with Gasteiger partial charge in [0, 0.05) is 11.0 Å². The van der Waals surface area contributed by atoms with Gasteiger partial charge >= 0.3 is 5.91 Å². The van der Waals surface area contributed by atoms with Crippen LogP contribution in [0.1, 0.15) is 32.3 Å². The van der Waals surface area contributed by atoms with Crippen molar-refractivity contribution >= 4 is 11.6 Å². The van der Waals surface area contributed by atoms with Crippen LogP contribution >= 0.6 is 0 Å². The number of hydrazone groups is 1. The molecule has 162 valence electrons. The highest BCUT2D eigenvalue weighted by molar-refractivity contribution is 6.07. The zero-order valence-corrected chi connectivity index (χ0v) is 18.2. The molecule has 31 heavy (non-hydrogen) atoms. The highest BCUT2D eigenvalue weighted by Gasteiger charge is 2.39. The fourth-order valence-corrected chi connectivity index (χ4v) is 3.78. The molecule has 0 saturated heterocycles. The lowest BCUT2D eigenvalue weighted by Crippen LogP contribution is -2.33. The molecule has 7 heteroatoms. The second kappa shape index (κ2) is 8.34. The maximum Gasteiger partial charge on any atom is 0.312 e. The Bertz CT molecular complexity index is 1050. The van der Waals surface area contributed by atoms with Crippen LogP contribution in [0.4, 0.5) is 0 Å². The average Bonchev–Trinajstić information content (AvgIpc) is 3.13. The summed E-state index contributed by atoms with van der Waals surface area (Å²) in [5, 5.41) is 6.07. The molecule has 3 aliphatic rings. The van der Waals surface area contributed by atoms with Crippen LogP contribution in [0.3, 0.4) is 0 Å². The predicted molar refractivity (Wildman–Crippen MR) is 116 cm³/mol. The van der Waals surface area contributed by atoms with Gasteiger partial charge in [0.15, 0.2) is 17.3 Å². The maximum atomic E-state index is 13.2. The number of methoxy groups -OCH3 is 2. The monoisotopic (exact) mass is 422 g/mol. The van der Waals surface area contributed by atoms with Crippen LogP contribution in [0.2, 0.25) is 0 Å². The molecule has 0 unspecified atom stereocenters. The first-order chi connectivity index (χ1) is 14.9. The highest BCUT2D eigenvalue weighted by Crippen LogP contribution is 2.36. The van der Waals surface area contributed by atoms with Gasteiger partial charge in [-0.05, 0) is 36.6 Å². The van der Waals surface area contributed by atoms with E-state index in [0.717, 1.165) is 29.7 Å². The molecule has 2 heterocycles. The Kier molecular flexibility index (Phi) is 5.59. The molecule has 0 aromatic heterocycles. The van der Waals surface area contributed by atoms with Gasteiger partial charge < -0.3 is 18.9 Å². The third-order valence-electron chi connectivity index (χ3n) is 5.41. The number of hydrogen-bond acceptors (Lipinski definition) is 6. The second-order valence-corrected chi connectivity index (χ2v) is 8.13. The lowest BCUT2D eigenvalue weighted by Gasteiger charge is -2.23. The summed E-state index contributed by atoms with van der Waals surface area (Å²) >= 11 is 0. The fraction of sp³-hybridized carbons (Fsp3) is 0.333. The summed E-state index contributed by atoms with van der Waals surface area (Å²) in [6.07, 6.45) is 10.6. The molecule has 0 atom stereocenters. The largest absolute Gasteiger partial charge is 0.493 e. The van der Waals surface area contributed by atoms with Crippen LogP contribution < -0.4 is 9.47 Å². The number of benzene rings is 1. The maximum absolute atomic E-state index is 13.2. The Morgan fingerprint density at radius 2 is 1.97 bits per heavy atom. The van der Waals surface area contributed by atoms with Crippen molar-refractivity contribution < 1.29 is 23.7 Å². The minimum Gasteiger partial charge on any atom is -0.493 e. The minimum absolute atomic E-state index is 0.112. The van der Waals surface area contributed by atoms with Gasteiger partial charge in [-0.3, -0.25) is 4.79 Å². The number of allylic oxidation sites excluding steroid dienone is 4. The first-order valence-electron chi connectivity index (χ1n) is 10.2. The molecule has 1 aromatic rings. The molecule has 1 aromatic carbocycles. The van der Waals surface area contributed by atoms with Gasteiger partial charge in [-0.2, -0.15) is 5.10 Å². The van der Waals surface area contributed by atoms with Crippen molar-refractivity contribution in [2.24, 2.45) is 10.5 Å². The molecule has 0 N–H and O–H groups in total. The summed E-state index contributed by atoms with van der Waals surface area (Å²) in [4.78, 5) is 13.2. The standard InChI is InChI=1S/C24H26N2O5/c1-24(2)15-26(25-22(24)17-10-11-18(28-3)19(12-17)29-4)23(27)21-14-30-13-20(31-21)16-8-6-5-7-9-16/h5-6,8,10-14H,7,9,15H2,1-4H3. The second-order valence-electron chi connectivity index (χ2n) is 8.13. The van der Waals surface area contributed by atoms with Crippen LogP contribution in [0, 0.1) is 5.41 Å². The number of hydrogen-bond donors (Lipinski definition) is 0. The van der Waals surface area contributed by atoms with E-state index in [1.807, 2.05) is 44.2 Å². The zero-order chi connectivity index (χ0) is 22.0. The summed E-state index contributed by atoms with van der Waals surface area (Å²) in [6, 6.07) is 5.62. The molecule has 4 rings (SSSR count). The van der Waals surface area contributed by atoms with Gasteiger partial charge in [0.1, 0.15) is 12.5 Å². The number of amides is 1. The van der Waals surface area contributed by atoms with Gasteiger partial charge in [0.05, 0.1) is 26.5 Å². The van der Waals surface area contributed by atoms with Gasteiger partial charge in [-0.15, -0.1) is 0 Å². The van der Waals surface area contributed by atoms with Crippen molar-refractivity contribution in [1.82, 2.24) is 5.01 Å². The van der Waals surface area contributed by atoms with E-state index >= 15 is 0 Å². The molecule has 0 fully saturated rings. The molecule has 0 radical (unpaired) electrons. The van der Waals surface area contributed by atoms with Crippen molar-refractivity contribution in [3.05, 3.63) is 71.6 Å². The summed E-state index contributed by atoms with van der Waals surface area (Å²) in [5.41, 5.74) is 2.29. The average molecular weight is 422 g/mol. The van der Waals surface area contributed by atoms with Crippen molar-refractivity contribution in [2.45, 2.75) is 26.7 Å². The Balaban J connectivity index is 1.56. The predicted octanol–water partition coefficient (Wildman–Crippen LogP) is 4.28. The summed E-state index contributed by atoms with van der Waals surface area (Å²) in [7, 11) is 3.19. The van der Waals surface area contributed by atoms with Crippen molar-refractivity contribution in [1.29, 1.82) is 0 Å².